The first-order valence-corrected chi connectivity index (χ1v) is 6.83. The van der Waals surface area contributed by atoms with E-state index < -0.39 is 11.9 Å². The Morgan fingerprint density at radius 1 is 1.30 bits per heavy atom. The minimum atomic E-state index is -0.477. The van der Waals surface area contributed by atoms with Crippen LogP contribution >= 0.6 is 0 Å². The monoisotopic (exact) mass is 274 g/mol. The lowest BCUT2D eigenvalue weighted by atomic mass is 10.1. The Labute approximate surface area is 120 Å². The molecule has 0 bridgehead atoms. The van der Waals surface area contributed by atoms with Crippen molar-refractivity contribution in [3.8, 4) is 0 Å². The van der Waals surface area contributed by atoms with Gasteiger partial charge in [-0.15, -0.1) is 0 Å². The number of carbonyl (C=O) groups is 2. The largest absolute Gasteiger partial charge is 0.328 e. The van der Waals surface area contributed by atoms with Crippen LogP contribution in [0.15, 0.2) is 36.9 Å². The fourth-order valence-corrected chi connectivity index (χ4v) is 1.91. The van der Waals surface area contributed by atoms with Crippen LogP contribution in [0.1, 0.15) is 24.5 Å². The van der Waals surface area contributed by atoms with Crippen LogP contribution in [0.5, 0.6) is 0 Å². The van der Waals surface area contributed by atoms with E-state index in [0.29, 0.717) is 6.54 Å². The van der Waals surface area contributed by atoms with Gasteiger partial charge in [-0.3, -0.25) is 10.1 Å². The van der Waals surface area contributed by atoms with E-state index in [1.54, 1.807) is 18.2 Å². The highest BCUT2D eigenvalue weighted by atomic mass is 16.2. The van der Waals surface area contributed by atoms with E-state index in [1.165, 1.54) is 24.2 Å². The number of benzene rings is 1. The van der Waals surface area contributed by atoms with E-state index in [2.05, 4.69) is 36.2 Å². The number of hydrogen-bond donors (Lipinski definition) is 1. The third-order valence-electron chi connectivity index (χ3n) is 3.25. The maximum Gasteiger partial charge on any atom is 0.324 e. The van der Waals surface area contributed by atoms with Crippen molar-refractivity contribution in [3.05, 3.63) is 48.0 Å². The maximum absolute atomic E-state index is 10.9. The third-order valence-corrected chi connectivity index (χ3v) is 3.25. The number of hydrogen-bond acceptors (Lipinski definition) is 2. The highest BCUT2D eigenvalue weighted by Crippen LogP contribution is 2.20. The summed E-state index contributed by atoms with van der Waals surface area (Å²) in [6.45, 7) is 5.60. The van der Waals surface area contributed by atoms with Crippen molar-refractivity contribution in [2.75, 3.05) is 13.6 Å². The quantitative estimate of drug-likeness (QED) is 0.843. The summed E-state index contributed by atoms with van der Waals surface area (Å²) in [7, 11) is 1.60. The van der Waals surface area contributed by atoms with E-state index in [9.17, 15) is 9.59 Å². The second kappa shape index (κ2) is 8.15. The Hall–Kier alpha value is -2.10. The molecule has 0 atom stereocenters. The number of amides is 3. The van der Waals surface area contributed by atoms with Gasteiger partial charge in [-0.1, -0.05) is 30.8 Å². The summed E-state index contributed by atoms with van der Waals surface area (Å²) < 4.78 is 0. The smallest absolute Gasteiger partial charge is 0.324 e. The van der Waals surface area contributed by atoms with Crippen molar-refractivity contribution >= 4 is 11.9 Å². The fraction of sp³-hybridized carbons (Fsp3) is 0.375. The summed E-state index contributed by atoms with van der Waals surface area (Å²) in [6.07, 6.45) is 5.02. The molecule has 20 heavy (non-hydrogen) atoms. The second-order valence-corrected chi connectivity index (χ2v) is 4.63. The molecule has 0 aliphatic heterocycles. The molecular weight excluding hydrogens is 252 g/mol. The van der Waals surface area contributed by atoms with E-state index in [0.717, 1.165) is 6.08 Å². The molecule has 1 aliphatic carbocycles. The van der Waals surface area contributed by atoms with Gasteiger partial charge in [0.15, 0.2) is 0 Å². The van der Waals surface area contributed by atoms with Crippen LogP contribution in [0.4, 0.5) is 4.79 Å². The first-order valence-electron chi connectivity index (χ1n) is 6.83. The predicted molar refractivity (Wildman–Crippen MR) is 80.5 cm³/mol. The summed E-state index contributed by atoms with van der Waals surface area (Å²) in [6, 6.07) is 8.33. The van der Waals surface area contributed by atoms with Crippen molar-refractivity contribution in [2.24, 2.45) is 0 Å². The van der Waals surface area contributed by atoms with Crippen LogP contribution in [0, 0.1) is 0 Å². The minimum absolute atomic E-state index is 0.405. The highest BCUT2D eigenvalue weighted by Gasteiger charge is 2.07. The number of imide groups is 1. The standard InChI is InChI=1S/C9H10.C7H12N2O2/c1-2-5-9-7-3-6-8(9)4-1;1-4-6(10)8-7(11)9(3)5-2/h1-2,4-5H,3,6-7H2;4H,1,5H2,2-3H3,(H,8,10,11). The number of carbonyl (C=O) groups excluding carboxylic acids is 2. The molecule has 1 aromatic carbocycles. The van der Waals surface area contributed by atoms with Crippen LogP contribution < -0.4 is 5.32 Å². The van der Waals surface area contributed by atoms with Crippen molar-refractivity contribution < 1.29 is 9.59 Å². The highest BCUT2D eigenvalue weighted by molar-refractivity contribution is 5.99. The molecule has 0 unspecified atom stereocenters. The van der Waals surface area contributed by atoms with Gasteiger partial charge in [-0.2, -0.15) is 0 Å². The Morgan fingerprint density at radius 3 is 2.30 bits per heavy atom. The molecule has 1 aromatic rings. The molecule has 1 N–H and O–H groups in total. The zero-order valence-electron chi connectivity index (χ0n) is 12.2. The summed E-state index contributed by atoms with van der Waals surface area (Å²) in [5.74, 6) is -0.477. The first kappa shape index (κ1) is 16.0. The summed E-state index contributed by atoms with van der Waals surface area (Å²) in [5.41, 5.74) is 3.13. The van der Waals surface area contributed by atoms with Crippen LogP contribution in [0.2, 0.25) is 0 Å². The minimum Gasteiger partial charge on any atom is -0.328 e. The average Bonchev–Trinajstić information content (AvgIpc) is 2.95. The van der Waals surface area contributed by atoms with E-state index in [1.807, 2.05) is 6.92 Å². The topological polar surface area (TPSA) is 49.4 Å². The molecule has 0 radical (unpaired) electrons. The first-order chi connectivity index (χ1) is 9.58. The van der Waals surface area contributed by atoms with Gasteiger partial charge in [0.05, 0.1) is 0 Å². The van der Waals surface area contributed by atoms with Crippen LogP contribution in [-0.2, 0) is 17.6 Å². The van der Waals surface area contributed by atoms with Gasteiger partial charge in [-0.05, 0) is 43.4 Å². The summed E-state index contributed by atoms with van der Waals surface area (Å²) in [5, 5.41) is 2.11. The lowest BCUT2D eigenvalue weighted by molar-refractivity contribution is -0.115. The van der Waals surface area contributed by atoms with E-state index in [4.69, 9.17) is 0 Å². The van der Waals surface area contributed by atoms with E-state index >= 15 is 0 Å². The molecule has 0 heterocycles. The molecule has 0 saturated carbocycles. The molecule has 0 fully saturated rings. The number of fused-ring (bicyclic) bond motifs is 1. The predicted octanol–water partition coefficient (Wildman–Crippen LogP) is 2.54. The molecular formula is C16H22N2O2. The van der Waals surface area contributed by atoms with Gasteiger partial charge in [-0.25, -0.2) is 4.79 Å². The molecule has 0 saturated heterocycles. The molecule has 3 amide bonds. The van der Waals surface area contributed by atoms with Crippen LogP contribution in [-0.4, -0.2) is 30.4 Å². The summed E-state index contributed by atoms with van der Waals surface area (Å²) >= 11 is 0. The molecule has 1 aliphatic rings. The zero-order chi connectivity index (χ0) is 15.0. The number of aryl methyl sites for hydroxylation is 2. The van der Waals surface area contributed by atoms with Crippen molar-refractivity contribution in [1.29, 1.82) is 0 Å². The molecule has 0 aromatic heterocycles. The number of nitrogens with one attached hydrogen (secondary N) is 1. The number of rotatable bonds is 2. The van der Waals surface area contributed by atoms with Gasteiger partial charge in [0.2, 0.25) is 0 Å². The van der Waals surface area contributed by atoms with Crippen LogP contribution in [0.3, 0.4) is 0 Å². The lowest BCUT2D eigenvalue weighted by Crippen LogP contribution is -2.39. The SMILES string of the molecule is C=CC(=O)NC(=O)N(C)CC.c1ccc2c(c1)CCC2. The molecule has 4 nitrogen and oxygen atoms in total. The Kier molecular flexibility index (Phi) is 6.50. The van der Waals surface area contributed by atoms with Gasteiger partial charge in [0.25, 0.3) is 5.91 Å². The van der Waals surface area contributed by atoms with E-state index in [-0.39, 0.29) is 0 Å². The Morgan fingerprint density at radius 2 is 1.85 bits per heavy atom. The lowest BCUT2D eigenvalue weighted by Gasteiger charge is -2.13. The van der Waals surface area contributed by atoms with Crippen molar-refractivity contribution in [3.63, 3.8) is 0 Å². The molecule has 4 heteroatoms. The molecule has 0 spiro atoms. The third kappa shape index (κ3) is 4.88. The van der Waals surface area contributed by atoms with Gasteiger partial charge in [0, 0.05) is 13.6 Å². The van der Waals surface area contributed by atoms with Gasteiger partial charge < -0.3 is 4.90 Å². The van der Waals surface area contributed by atoms with Gasteiger partial charge >= 0.3 is 6.03 Å². The number of nitrogens with zero attached hydrogens (tertiary/aromatic N) is 1. The molecule has 108 valence electrons. The van der Waals surface area contributed by atoms with Gasteiger partial charge in [0.1, 0.15) is 0 Å². The zero-order valence-corrected chi connectivity index (χ0v) is 12.2. The molecule has 2 rings (SSSR count). The summed E-state index contributed by atoms with van der Waals surface area (Å²) in [4.78, 5) is 22.8. The van der Waals surface area contributed by atoms with Crippen LogP contribution in [0.25, 0.3) is 0 Å². The van der Waals surface area contributed by atoms with Crippen molar-refractivity contribution in [1.82, 2.24) is 10.2 Å². The Balaban J connectivity index is 0.000000202. The second-order valence-electron chi connectivity index (χ2n) is 4.63. The number of urea groups is 1. The Bertz CT molecular complexity index is 460. The van der Waals surface area contributed by atoms with Crippen molar-refractivity contribution in [2.45, 2.75) is 26.2 Å². The fourth-order valence-electron chi connectivity index (χ4n) is 1.91. The normalized spacial score (nSPS) is 11.7. The average molecular weight is 274 g/mol. The maximum atomic E-state index is 10.9.